The maximum absolute atomic E-state index is 12.4. The highest BCUT2D eigenvalue weighted by molar-refractivity contribution is 6.35. The first-order valence-electron chi connectivity index (χ1n) is 7.99. The Hall–Kier alpha value is -3.08. The number of rotatable bonds is 4. The maximum Gasteiger partial charge on any atom is 0.335 e. The first kappa shape index (κ1) is 16.8. The normalized spacial score (nSPS) is 14.6. The second-order valence-electron chi connectivity index (χ2n) is 6.23. The van der Waals surface area contributed by atoms with E-state index in [0.717, 1.165) is 11.1 Å². The lowest BCUT2D eigenvalue weighted by Gasteiger charge is -2.11. The summed E-state index contributed by atoms with van der Waals surface area (Å²) in [5.41, 5.74) is 3.68. The average molecular weight is 337 g/mol. The Balaban J connectivity index is 2.14. The van der Waals surface area contributed by atoms with E-state index in [0.29, 0.717) is 28.5 Å². The van der Waals surface area contributed by atoms with E-state index in [4.69, 9.17) is 4.74 Å². The number of carbonyl (C=O) groups is 2. The molecular formula is C20H19NO4. The molecule has 0 atom stereocenters. The third-order valence-electron chi connectivity index (χ3n) is 4.27. The van der Waals surface area contributed by atoms with Gasteiger partial charge in [0.15, 0.2) is 0 Å². The van der Waals surface area contributed by atoms with Crippen LogP contribution in [0.2, 0.25) is 0 Å². The minimum absolute atomic E-state index is 0.143. The molecule has 0 fully saturated rings. The van der Waals surface area contributed by atoms with Crippen molar-refractivity contribution in [3.63, 3.8) is 0 Å². The summed E-state index contributed by atoms with van der Waals surface area (Å²) in [5.74, 6) is -0.283. The zero-order valence-electron chi connectivity index (χ0n) is 14.3. The molecule has 1 amide bonds. The van der Waals surface area contributed by atoms with Crippen molar-refractivity contribution in [1.82, 2.24) is 0 Å². The molecule has 25 heavy (non-hydrogen) atoms. The second kappa shape index (κ2) is 6.43. The third-order valence-corrected chi connectivity index (χ3v) is 4.27. The van der Waals surface area contributed by atoms with Crippen LogP contribution < -0.4 is 10.1 Å². The molecule has 0 unspecified atom stereocenters. The molecule has 2 aromatic carbocycles. The van der Waals surface area contributed by atoms with Crippen LogP contribution in [0.15, 0.2) is 36.4 Å². The minimum Gasteiger partial charge on any atom is -0.496 e. The SMILES string of the molecule is COc1ccc(C(C)C)cc1/C=C1/C(=O)Nc2ccc(C(=O)O)cc21. The highest BCUT2D eigenvalue weighted by atomic mass is 16.5. The van der Waals surface area contributed by atoms with Crippen LogP contribution >= 0.6 is 0 Å². The standard InChI is InChI=1S/C20H19NO4/c1-11(2)12-5-7-18(25-3)14(8-12)10-16-15-9-13(20(23)24)4-6-17(15)21-19(16)22/h4-11H,1-3H3,(H,21,22)(H,23,24)/b16-10+. The second-order valence-corrected chi connectivity index (χ2v) is 6.23. The van der Waals surface area contributed by atoms with Crippen molar-refractivity contribution in [3.8, 4) is 5.75 Å². The number of aromatic carboxylic acids is 1. The topological polar surface area (TPSA) is 75.6 Å². The van der Waals surface area contributed by atoms with E-state index >= 15 is 0 Å². The summed E-state index contributed by atoms with van der Waals surface area (Å²) in [7, 11) is 1.58. The summed E-state index contributed by atoms with van der Waals surface area (Å²) in [6.07, 6.45) is 1.75. The van der Waals surface area contributed by atoms with Crippen LogP contribution in [0.1, 0.15) is 46.8 Å². The van der Waals surface area contributed by atoms with Crippen LogP contribution in [-0.2, 0) is 4.79 Å². The fraction of sp³-hybridized carbons (Fsp3) is 0.200. The Labute approximate surface area is 145 Å². The van der Waals surface area contributed by atoms with E-state index in [1.807, 2.05) is 18.2 Å². The zero-order valence-corrected chi connectivity index (χ0v) is 14.3. The molecule has 0 aliphatic carbocycles. The molecule has 0 aromatic heterocycles. The molecule has 0 saturated carbocycles. The Morgan fingerprint density at radius 2 is 1.96 bits per heavy atom. The molecule has 0 spiro atoms. The molecule has 2 aromatic rings. The fourth-order valence-electron chi connectivity index (χ4n) is 2.84. The molecule has 0 saturated heterocycles. The van der Waals surface area contributed by atoms with Crippen LogP contribution in [-0.4, -0.2) is 24.1 Å². The highest BCUT2D eigenvalue weighted by Gasteiger charge is 2.25. The van der Waals surface area contributed by atoms with Crippen molar-refractivity contribution in [1.29, 1.82) is 0 Å². The Morgan fingerprint density at radius 1 is 1.20 bits per heavy atom. The first-order chi connectivity index (χ1) is 11.9. The molecule has 2 N–H and O–H groups in total. The van der Waals surface area contributed by atoms with Crippen molar-refractivity contribution in [2.45, 2.75) is 19.8 Å². The van der Waals surface area contributed by atoms with Gasteiger partial charge in [-0.05, 0) is 47.9 Å². The number of ether oxygens (including phenoxy) is 1. The fourth-order valence-corrected chi connectivity index (χ4v) is 2.84. The van der Waals surface area contributed by atoms with Crippen molar-refractivity contribution in [2.24, 2.45) is 0 Å². The molecule has 1 aliphatic rings. The van der Waals surface area contributed by atoms with Gasteiger partial charge in [0.2, 0.25) is 0 Å². The minimum atomic E-state index is -1.03. The average Bonchev–Trinajstić information content (AvgIpc) is 2.89. The van der Waals surface area contributed by atoms with Gasteiger partial charge in [-0.2, -0.15) is 0 Å². The monoisotopic (exact) mass is 337 g/mol. The largest absolute Gasteiger partial charge is 0.496 e. The molecule has 0 bridgehead atoms. The number of anilines is 1. The summed E-state index contributed by atoms with van der Waals surface area (Å²) in [6, 6.07) is 10.5. The molecule has 1 heterocycles. The van der Waals surface area contributed by atoms with Gasteiger partial charge >= 0.3 is 5.97 Å². The number of methoxy groups -OCH3 is 1. The summed E-state index contributed by atoms with van der Waals surface area (Å²) in [5, 5.41) is 12.0. The van der Waals surface area contributed by atoms with E-state index in [-0.39, 0.29) is 11.5 Å². The van der Waals surface area contributed by atoms with Gasteiger partial charge in [-0.15, -0.1) is 0 Å². The van der Waals surface area contributed by atoms with Crippen LogP contribution in [0.25, 0.3) is 11.6 Å². The lowest BCUT2D eigenvalue weighted by molar-refractivity contribution is -0.110. The van der Waals surface area contributed by atoms with Gasteiger partial charge in [0.1, 0.15) is 5.75 Å². The predicted molar refractivity (Wildman–Crippen MR) is 97.0 cm³/mol. The first-order valence-corrected chi connectivity index (χ1v) is 7.99. The maximum atomic E-state index is 12.4. The molecular weight excluding hydrogens is 318 g/mol. The van der Waals surface area contributed by atoms with Gasteiger partial charge in [-0.1, -0.05) is 19.9 Å². The summed E-state index contributed by atoms with van der Waals surface area (Å²) in [4.78, 5) is 23.6. The summed E-state index contributed by atoms with van der Waals surface area (Å²) < 4.78 is 5.41. The molecule has 128 valence electrons. The highest BCUT2D eigenvalue weighted by Crippen LogP contribution is 2.36. The molecule has 1 aliphatic heterocycles. The number of carbonyl (C=O) groups excluding carboxylic acids is 1. The van der Waals surface area contributed by atoms with E-state index in [2.05, 4.69) is 19.2 Å². The van der Waals surface area contributed by atoms with Gasteiger partial charge in [0, 0.05) is 22.4 Å². The quantitative estimate of drug-likeness (QED) is 0.827. The van der Waals surface area contributed by atoms with Gasteiger partial charge in [-0.25, -0.2) is 4.79 Å². The smallest absolute Gasteiger partial charge is 0.335 e. The lowest BCUT2D eigenvalue weighted by Crippen LogP contribution is -2.03. The van der Waals surface area contributed by atoms with Crippen LogP contribution in [0.4, 0.5) is 5.69 Å². The molecule has 0 radical (unpaired) electrons. The third kappa shape index (κ3) is 3.13. The van der Waals surface area contributed by atoms with E-state index in [1.165, 1.54) is 12.1 Å². The predicted octanol–water partition coefficient (Wildman–Crippen LogP) is 4.01. The number of amides is 1. The molecule has 5 nitrogen and oxygen atoms in total. The number of fused-ring (bicyclic) bond motifs is 1. The number of hydrogen-bond acceptors (Lipinski definition) is 3. The van der Waals surface area contributed by atoms with Crippen molar-refractivity contribution < 1.29 is 19.4 Å². The van der Waals surface area contributed by atoms with Gasteiger partial charge in [0.05, 0.1) is 12.7 Å². The number of carboxylic acid groups (broad SMARTS) is 1. The van der Waals surface area contributed by atoms with E-state index in [9.17, 15) is 14.7 Å². The Bertz CT molecular complexity index is 897. The van der Waals surface area contributed by atoms with Gasteiger partial charge < -0.3 is 15.2 Å². The Morgan fingerprint density at radius 3 is 2.60 bits per heavy atom. The van der Waals surface area contributed by atoms with Crippen molar-refractivity contribution >= 4 is 29.2 Å². The van der Waals surface area contributed by atoms with Gasteiger partial charge in [-0.3, -0.25) is 4.79 Å². The van der Waals surface area contributed by atoms with Crippen molar-refractivity contribution in [2.75, 3.05) is 12.4 Å². The lowest BCUT2D eigenvalue weighted by atomic mass is 9.97. The van der Waals surface area contributed by atoms with Crippen LogP contribution in [0, 0.1) is 0 Å². The summed E-state index contributed by atoms with van der Waals surface area (Å²) in [6.45, 7) is 4.19. The molecule has 3 rings (SSSR count). The number of benzene rings is 2. The zero-order chi connectivity index (χ0) is 18.1. The van der Waals surface area contributed by atoms with Crippen LogP contribution in [0.5, 0.6) is 5.75 Å². The summed E-state index contributed by atoms with van der Waals surface area (Å²) >= 11 is 0. The van der Waals surface area contributed by atoms with Crippen molar-refractivity contribution in [3.05, 3.63) is 58.7 Å². The number of hydrogen-bond donors (Lipinski definition) is 2. The van der Waals surface area contributed by atoms with E-state index < -0.39 is 5.97 Å². The van der Waals surface area contributed by atoms with E-state index in [1.54, 1.807) is 19.3 Å². The van der Waals surface area contributed by atoms with Crippen LogP contribution in [0.3, 0.4) is 0 Å². The Kier molecular flexibility index (Phi) is 4.31. The number of carboxylic acids is 1. The van der Waals surface area contributed by atoms with Gasteiger partial charge in [0.25, 0.3) is 5.91 Å². The molecule has 5 heteroatoms. The number of nitrogens with one attached hydrogen (secondary N) is 1.